The summed E-state index contributed by atoms with van der Waals surface area (Å²) in [6.07, 6.45) is 15.0. The van der Waals surface area contributed by atoms with E-state index in [1.165, 1.54) is 62.5 Å². The standard InChI is InChI=1S/C22H37NO/c1-2-3-4-5-6-7-8-9-19-10-12-20(13-11-19)16-21-14-15-22(23,17-21)18-24/h10-13,21,24H,2-9,14-18,23H2,1H3. The minimum absolute atomic E-state index is 0.126. The third-order valence-electron chi connectivity index (χ3n) is 5.68. The maximum absolute atomic E-state index is 9.38. The van der Waals surface area contributed by atoms with Gasteiger partial charge in [0, 0.05) is 5.54 Å². The normalized spacial score (nSPS) is 23.7. The largest absolute Gasteiger partial charge is 0.394 e. The summed E-state index contributed by atoms with van der Waals surface area (Å²) in [5.74, 6) is 0.635. The number of benzene rings is 1. The van der Waals surface area contributed by atoms with Crippen molar-refractivity contribution in [2.75, 3.05) is 6.61 Å². The molecule has 0 spiro atoms. The van der Waals surface area contributed by atoms with Gasteiger partial charge in [-0.3, -0.25) is 0 Å². The predicted octanol–water partition coefficient (Wildman–Crippen LogP) is 5.01. The zero-order chi connectivity index (χ0) is 17.3. The Morgan fingerprint density at radius 3 is 2.25 bits per heavy atom. The van der Waals surface area contributed by atoms with E-state index < -0.39 is 0 Å². The second-order valence-corrected chi connectivity index (χ2v) is 8.02. The van der Waals surface area contributed by atoms with Crippen molar-refractivity contribution >= 4 is 0 Å². The number of hydrogen-bond acceptors (Lipinski definition) is 2. The third kappa shape index (κ3) is 6.57. The molecule has 24 heavy (non-hydrogen) atoms. The van der Waals surface area contributed by atoms with Gasteiger partial charge in [-0.1, -0.05) is 69.7 Å². The number of aliphatic hydroxyl groups excluding tert-OH is 1. The molecule has 2 nitrogen and oxygen atoms in total. The van der Waals surface area contributed by atoms with E-state index in [-0.39, 0.29) is 12.1 Å². The van der Waals surface area contributed by atoms with Crippen LogP contribution in [0.4, 0.5) is 0 Å². The molecule has 1 aromatic rings. The van der Waals surface area contributed by atoms with Crippen molar-refractivity contribution in [1.29, 1.82) is 0 Å². The summed E-state index contributed by atoms with van der Waals surface area (Å²) in [7, 11) is 0. The fraction of sp³-hybridized carbons (Fsp3) is 0.727. The minimum atomic E-state index is -0.318. The molecule has 0 amide bonds. The second kappa shape index (κ2) is 10.2. The summed E-state index contributed by atoms with van der Waals surface area (Å²) in [6, 6.07) is 9.21. The van der Waals surface area contributed by atoms with Crippen LogP contribution >= 0.6 is 0 Å². The molecule has 3 N–H and O–H groups in total. The highest BCUT2D eigenvalue weighted by Gasteiger charge is 2.34. The lowest BCUT2D eigenvalue weighted by atomic mass is 9.93. The summed E-state index contributed by atoms with van der Waals surface area (Å²) < 4.78 is 0. The van der Waals surface area contributed by atoms with Crippen LogP contribution in [0.25, 0.3) is 0 Å². The van der Waals surface area contributed by atoms with Crippen LogP contribution in [0.1, 0.15) is 82.3 Å². The van der Waals surface area contributed by atoms with Gasteiger partial charge in [-0.05, 0) is 55.6 Å². The van der Waals surface area contributed by atoms with E-state index >= 15 is 0 Å². The first-order chi connectivity index (χ1) is 11.6. The van der Waals surface area contributed by atoms with Gasteiger partial charge in [0.15, 0.2) is 0 Å². The molecule has 1 aromatic carbocycles. The lowest BCUT2D eigenvalue weighted by Gasteiger charge is -2.20. The van der Waals surface area contributed by atoms with Gasteiger partial charge >= 0.3 is 0 Å². The molecule has 0 heterocycles. The van der Waals surface area contributed by atoms with Gasteiger partial charge in [0.1, 0.15) is 0 Å². The first-order valence-corrected chi connectivity index (χ1v) is 10.1. The Kier molecular flexibility index (Phi) is 8.28. The fourth-order valence-electron chi connectivity index (χ4n) is 4.05. The highest BCUT2D eigenvalue weighted by atomic mass is 16.3. The monoisotopic (exact) mass is 331 g/mol. The zero-order valence-electron chi connectivity index (χ0n) is 15.6. The van der Waals surface area contributed by atoms with E-state index in [0.717, 1.165) is 25.7 Å². The van der Waals surface area contributed by atoms with Crippen LogP contribution in [0.5, 0.6) is 0 Å². The van der Waals surface area contributed by atoms with Crippen molar-refractivity contribution in [3.63, 3.8) is 0 Å². The Morgan fingerprint density at radius 2 is 1.62 bits per heavy atom. The molecule has 136 valence electrons. The van der Waals surface area contributed by atoms with Gasteiger partial charge in [-0.15, -0.1) is 0 Å². The summed E-state index contributed by atoms with van der Waals surface area (Å²) in [6.45, 7) is 2.40. The number of aliphatic hydroxyl groups is 1. The van der Waals surface area contributed by atoms with E-state index in [9.17, 15) is 5.11 Å². The Balaban J connectivity index is 1.64. The average Bonchev–Trinajstić information content (AvgIpc) is 2.97. The molecule has 0 bridgehead atoms. The van der Waals surface area contributed by atoms with Crippen molar-refractivity contribution < 1.29 is 5.11 Å². The first-order valence-electron chi connectivity index (χ1n) is 10.1. The predicted molar refractivity (Wildman–Crippen MR) is 103 cm³/mol. The number of rotatable bonds is 11. The SMILES string of the molecule is CCCCCCCCCc1ccc(CC2CCC(N)(CO)C2)cc1. The molecule has 0 saturated heterocycles. The van der Waals surface area contributed by atoms with Crippen LogP contribution in [0, 0.1) is 5.92 Å². The highest BCUT2D eigenvalue weighted by Crippen LogP contribution is 2.34. The zero-order valence-corrected chi connectivity index (χ0v) is 15.6. The van der Waals surface area contributed by atoms with E-state index in [1.807, 2.05) is 0 Å². The van der Waals surface area contributed by atoms with Crippen molar-refractivity contribution in [3.8, 4) is 0 Å². The molecular weight excluding hydrogens is 294 g/mol. The molecule has 2 rings (SSSR count). The quantitative estimate of drug-likeness (QED) is 0.560. The lowest BCUT2D eigenvalue weighted by Crippen LogP contribution is -2.40. The van der Waals surface area contributed by atoms with Gasteiger partial charge in [0.25, 0.3) is 0 Å². The van der Waals surface area contributed by atoms with Crippen LogP contribution in [0.3, 0.4) is 0 Å². The fourth-order valence-corrected chi connectivity index (χ4v) is 4.05. The van der Waals surface area contributed by atoms with E-state index in [2.05, 4.69) is 31.2 Å². The van der Waals surface area contributed by atoms with Crippen molar-refractivity contribution in [2.45, 2.75) is 89.5 Å². The molecule has 2 atom stereocenters. The van der Waals surface area contributed by atoms with Crippen LogP contribution < -0.4 is 5.73 Å². The highest BCUT2D eigenvalue weighted by molar-refractivity contribution is 5.23. The number of aryl methyl sites for hydroxylation is 1. The average molecular weight is 332 g/mol. The van der Waals surface area contributed by atoms with Gasteiger partial charge in [-0.2, -0.15) is 0 Å². The first kappa shape index (κ1) is 19.5. The summed E-state index contributed by atoms with van der Waals surface area (Å²) in [5, 5.41) is 9.38. The molecule has 1 saturated carbocycles. The van der Waals surface area contributed by atoms with Crippen LogP contribution in [-0.4, -0.2) is 17.3 Å². The summed E-state index contributed by atoms with van der Waals surface area (Å²) in [4.78, 5) is 0. The van der Waals surface area contributed by atoms with Gasteiger partial charge in [0.2, 0.25) is 0 Å². The molecule has 2 unspecified atom stereocenters. The van der Waals surface area contributed by atoms with Crippen molar-refractivity contribution in [3.05, 3.63) is 35.4 Å². The summed E-state index contributed by atoms with van der Waals surface area (Å²) in [5.41, 5.74) is 8.76. The molecule has 1 fully saturated rings. The van der Waals surface area contributed by atoms with Crippen molar-refractivity contribution in [2.24, 2.45) is 11.7 Å². The number of hydrogen-bond donors (Lipinski definition) is 2. The molecule has 0 radical (unpaired) electrons. The second-order valence-electron chi connectivity index (χ2n) is 8.02. The Hall–Kier alpha value is -0.860. The van der Waals surface area contributed by atoms with Gasteiger partial charge in [-0.25, -0.2) is 0 Å². The third-order valence-corrected chi connectivity index (χ3v) is 5.68. The Labute approximate surface area is 148 Å². The lowest BCUT2D eigenvalue weighted by molar-refractivity contribution is 0.195. The molecule has 1 aliphatic rings. The Morgan fingerprint density at radius 1 is 1.00 bits per heavy atom. The maximum Gasteiger partial charge on any atom is 0.0611 e. The molecule has 2 heteroatoms. The smallest absolute Gasteiger partial charge is 0.0611 e. The van der Waals surface area contributed by atoms with Crippen LogP contribution in [0.2, 0.25) is 0 Å². The molecular formula is C22H37NO. The Bertz CT molecular complexity index is 456. The topological polar surface area (TPSA) is 46.2 Å². The number of nitrogens with two attached hydrogens (primary N) is 1. The molecule has 1 aliphatic carbocycles. The molecule has 0 aromatic heterocycles. The van der Waals surface area contributed by atoms with Gasteiger partial charge < -0.3 is 10.8 Å². The maximum atomic E-state index is 9.38. The van der Waals surface area contributed by atoms with Crippen LogP contribution in [-0.2, 0) is 12.8 Å². The van der Waals surface area contributed by atoms with E-state index in [1.54, 1.807) is 0 Å². The van der Waals surface area contributed by atoms with E-state index in [0.29, 0.717) is 5.92 Å². The van der Waals surface area contributed by atoms with Crippen LogP contribution in [0.15, 0.2) is 24.3 Å². The van der Waals surface area contributed by atoms with Crippen molar-refractivity contribution in [1.82, 2.24) is 0 Å². The minimum Gasteiger partial charge on any atom is -0.394 e. The number of unbranched alkanes of at least 4 members (excludes halogenated alkanes) is 6. The van der Waals surface area contributed by atoms with E-state index in [4.69, 9.17) is 5.73 Å². The molecule has 0 aliphatic heterocycles. The summed E-state index contributed by atoms with van der Waals surface area (Å²) >= 11 is 0. The van der Waals surface area contributed by atoms with Gasteiger partial charge in [0.05, 0.1) is 6.61 Å².